The van der Waals surface area contributed by atoms with Gasteiger partial charge in [0.2, 0.25) is 0 Å². The van der Waals surface area contributed by atoms with E-state index in [9.17, 15) is 14.0 Å². The first kappa shape index (κ1) is 16.7. The molecule has 0 bridgehead atoms. The van der Waals surface area contributed by atoms with Crippen LogP contribution in [0.2, 0.25) is 0 Å². The number of hydrogen-bond acceptors (Lipinski definition) is 3. The van der Waals surface area contributed by atoms with E-state index in [1.807, 2.05) is 0 Å². The quantitative estimate of drug-likeness (QED) is 0.799. The van der Waals surface area contributed by atoms with Crippen LogP contribution < -0.4 is 10.1 Å². The van der Waals surface area contributed by atoms with Gasteiger partial charge in [0.25, 0.3) is 5.91 Å². The molecule has 0 atom stereocenters. The summed E-state index contributed by atoms with van der Waals surface area (Å²) >= 11 is 0. The molecule has 2 aromatic carbocycles. The first-order valence-electron chi connectivity index (χ1n) is 7.35. The van der Waals surface area contributed by atoms with Crippen molar-refractivity contribution in [2.75, 3.05) is 6.61 Å². The topological polar surface area (TPSA) is 55.4 Å². The molecular weight excluding hydrogens is 297 g/mol. The van der Waals surface area contributed by atoms with Crippen molar-refractivity contribution in [2.24, 2.45) is 0 Å². The number of Topliss-reactive ketones (excluding diaryl/α,β-unsaturated/α-hetero) is 1. The summed E-state index contributed by atoms with van der Waals surface area (Å²) in [4.78, 5) is 23.2. The number of carbonyl (C=O) groups is 2. The summed E-state index contributed by atoms with van der Waals surface area (Å²) in [6.45, 7) is 1.99. The Morgan fingerprint density at radius 3 is 2.30 bits per heavy atom. The predicted molar refractivity (Wildman–Crippen MR) is 84.8 cm³/mol. The van der Waals surface area contributed by atoms with Crippen LogP contribution in [-0.2, 0) is 11.3 Å². The summed E-state index contributed by atoms with van der Waals surface area (Å²) in [6.07, 6.45) is 0.450. The van der Waals surface area contributed by atoms with Gasteiger partial charge in [-0.25, -0.2) is 4.39 Å². The Hall–Kier alpha value is -2.69. The van der Waals surface area contributed by atoms with Gasteiger partial charge < -0.3 is 10.1 Å². The monoisotopic (exact) mass is 315 g/mol. The Bertz CT molecular complexity index is 666. The molecule has 2 aromatic rings. The molecule has 1 N–H and O–H groups in total. The highest BCUT2D eigenvalue weighted by Crippen LogP contribution is 2.13. The normalized spacial score (nSPS) is 10.2. The van der Waals surface area contributed by atoms with Gasteiger partial charge in [0, 0.05) is 18.5 Å². The molecule has 0 fully saturated rings. The van der Waals surface area contributed by atoms with Gasteiger partial charge in [-0.1, -0.05) is 19.1 Å². The maximum Gasteiger partial charge on any atom is 0.258 e. The molecule has 0 aliphatic rings. The number of nitrogens with one attached hydrogen (secondary N) is 1. The Labute approximate surface area is 134 Å². The van der Waals surface area contributed by atoms with Crippen molar-refractivity contribution in [2.45, 2.75) is 19.9 Å². The van der Waals surface area contributed by atoms with Crippen LogP contribution >= 0.6 is 0 Å². The first-order valence-corrected chi connectivity index (χ1v) is 7.35. The van der Waals surface area contributed by atoms with Crippen LogP contribution in [0.4, 0.5) is 4.39 Å². The summed E-state index contributed by atoms with van der Waals surface area (Å²) in [7, 11) is 0. The molecule has 23 heavy (non-hydrogen) atoms. The third-order valence-corrected chi connectivity index (χ3v) is 3.27. The zero-order chi connectivity index (χ0) is 16.7. The molecule has 1 amide bonds. The lowest BCUT2D eigenvalue weighted by Gasteiger charge is -2.08. The number of ether oxygens (including phenoxy) is 1. The fourth-order valence-corrected chi connectivity index (χ4v) is 1.94. The smallest absolute Gasteiger partial charge is 0.258 e. The van der Waals surface area contributed by atoms with Gasteiger partial charge in [-0.3, -0.25) is 9.59 Å². The average molecular weight is 315 g/mol. The maximum absolute atomic E-state index is 12.8. The Morgan fingerprint density at radius 1 is 1.04 bits per heavy atom. The molecule has 0 spiro atoms. The van der Waals surface area contributed by atoms with E-state index in [0.29, 0.717) is 24.3 Å². The van der Waals surface area contributed by atoms with Crippen LogP contribution in [0, 0.1) is 5.82 Å². The summed E-state index contributed by atoms with van der Waals surface area (Å²) in [6, 6.07) is 12.6. The fourth-order valence-electron chi connectivity index (χ4n) is 1.94. The number of benzene rings is 2. The van der Waals surface area contributed by atoms with Crippen LogP contribution in [0.15, 0.2) is 48.5 Å². The molecule has 4 nitrogen and oxygen atoms in total. The number of ketones is 1. The van der Waals surface area contributed by atoms with E-state index >= 15 is 0 Å². The zero-order valence-corrected chi connectivity index (χ0v) is 12.8. The van der Waals surface area contributed by atoms with Crippen molar-refractivity contribution in [3.05, 3.63) is 65.5 Å². The lowest BCUT2D eigenvalue weighted by Crippen LogP contribution is -2.28. The van der Waals surface area contributed by atoms with Crippen molar-refractivity contribution in [3.63, 3.8) is 0 Å². The summed E-state index contributed by atoms with van der Waals surface area (Å²) < 4.78 is 18.1. The highest BCUT2D eigenvalue weighted by Gasteiger charge is 2.05. The third-order valence-electron chi connectivity index (χ3n) is 3.27. The molecule has 0 aromatic heterocycles. The van der Waals surface area contributed by atoms with Gasteiger partial charge >= 0.3 is 0 Å². The molecule has 0 saturated heterocycles. The Kier molecular flexibility index (Phi) is 5.86. The van der Waals surface area contributed by atoms with E-state index in [1.165, 1.54) is 12.1 Å². The van der Waals surface area contributed by atoms with Crippen LogP contribution in [-0.4, -0.2) is 18.3 Å². The highest BCUT2D eigenvalue weighted by molar-refractivity contribution is 5.95. The van der Waals surface area contributed by atoms with Crippen LogP contribution in [0.25, 0.3) is 0 Å². The molecular formula is C18H18FNO3. The van der Waals surface area contributed by atoms with E-state index in [-0.39, 0.29) is 24.1 Å². The molecule has 5 heteroatoms. The lowest BCUT2D eigenvalue weighted by molar-refractivity contribution is -0.123. The standard InChI is InChI=1S/C18H18FNO3/c1-2-17(21)14-5-9-16(10-6-14)23-12-18(22)20-11-13-3-7-15(19)8-4-13/h3-10H,2,11-12H2,1H3,(H,20,22). The van der Waals surface area contributed by atoms with E-state index < -0.39 is 0 Å². The van der Waals surface area contributed by atoms with E-state index in [4.69, 9.17) is 4.74 Å². The average Bonchev–Trinajstić information content (AvgIpc) is 2.59. The van der Waals surface area contributed by atoms with Gasteiger partial charge in [-0.15, -0.1) is 0 Å². The number of hydrogen-bond donors (Lipinski definition) is 1. The second kappa shape index (κ2) is 8.08. The highest BCUT2D eigenvalue weighted by atomic mass is 19.1. The summed E-state index contributed by atoms with van der Waals surface area (Å²) in [5.74, 6) is -0.000348. The molecule has 0 heterocycles. The van der Waals surface area contributed by atoms with Crippen molar-refractivity contribution in [1.29, 1.82) is 0 Å². The second-order valence-corrected chi connectivity index (χ2v) is 4.99. The van der Waals surface area contributed by atoms with E-state index in [0.717, 1.165) is 5.56 Å². The van der Waals surface area contributed by atoms with Gasteiger partial charge in [0.1, 0.15) is 11.6 Å². The summed E-state index contributed by atoms with van der Waals surface area (Å²) in [5, 5.41) is 2.69. The van der Waals surface area contributed by atoms with Crippen LogP contribution in [0.5, 0.6) is 5.75 Å². The molecule has 0 radical (unpaired) electrons. The van der Waals surface area contributed by atoms with Crippen molar-refractivity contribution in [1.82, 2.24) is 5.32 Å². The minimum atomic E-state index is -0.312. The van der Waals surface area contributed by atoms with Gasteiger partial charge in [-0.2, -0.15) is 0 Å². The molecule has 0 aliphatic heterocycles. The largest absolute Gasteiger partial charge is 0.484 e. The lowest BCUT2D eigenvalue weighted by atomic mass is 10.1. The van der Waals surface area contributed by atoms with E-state index in [1.54, 1.807) is 43.3 Å². The van der Waals surface area contributed by atoms with Crippen LogP contribution in [0.1, 0.15) is 29.3 Å². The Balaban J connectivity index is 1.77. The fraction of sp³-hybridized carbons (Fsp3) is 0.222. The third kappa shape index (κ3) is 5.21. The Morgan fingerprint density at radius 2 is 1.70 bits per heavy atom. The van der Waals surface area contributed by atoms with Gasteiger partial charge in [0.05, 0.1) is 0 Å². The molecule has 120 valence electrons. The molecule has 0 aliphatic carbocycles. The number of halogens is 1. The minimum Gasteiger partial charge on any atom is -0.484 e. The number of rotatable bonds is 7. The maximum atomic E-state index is 12.8. The van der Waals surface area contributed by atoms with Crippen molar-refractivity contribution in [3.8, 4) is 5.75 Å². The van der Waals surface area contributed by atoms with Crippen molar-refractivity contribution < 1.29 is 18.7 Å². The van der Waals surface area contributed by atoms with Gasteiger partial charge in [-0.05, 0) is 42.0 Å². The SMILES string of the molecule is CCC(=O)c1ccc(OCC(=O)NCc2ccc(F)cc2)cc1. The van der Waals surface area contributed by atoms with Gasteiger partial charge in [0.15, 0.2) is 12.4 Å². The molecule has 0 saturated carbocycles. The second-order valence-electron chi connectivity index (χ2n) is 4.99. The number of amides is 1. The predicted octanol–water partition coefficient (Wildman–Crippen LogP) is 3.11. The molecule has 2 rings (SSSR count). The summed E-state index contributed by atoms with van der Waals surface area (Å²) in [5.41, 5.74) is 1.43. The zero-order valence-electron chi connectivity index (χ0n) is 12.8. The van der Waals surface area contributed by atoms with Crippen molar-refractivity contribution >= 4 is 11.7 Å². The molecule has 0 unspecified atom stereocenters. The van der Waals surface area contributed by atoms with E-state index in [2.05, 4.69) is 5.32 Å². The number of carbonyl (C=O) groups excluding carboxylic acids is 2. The van der Waals surface area contributed by atoms with Crippen LogP contribution in [0.3, 0.4) is 0 Å². The minimum absolute atomic E-state index is 0.0635. The first-order chi connectivity index (χ1) is 11.1.